The van der Waals surface area contributed by atoms with Crippen LogP contribution in [0.5, 0.6) is 0 Å². The Hall–Kier alpha value is -1.44. The Kier molecular flexibility index (Phi) is 5.62. The lowest BCUT2D eigenvalue weighted by molar-refractivity contribution is 0.416. The SMILES string of the molecule is Clc1ccc(-c2c(Br)c(-c3nnc(C4CCC4)s3)nn2-c2ccc(Cl)cc2Cl)cc1. The van der Waals surface area contributed by atoms with Gasteiger partial charge in [-0.15, -0.1) is 10.2 Å². The van der Waals surface area contributed by atoms with Crippen LogP contribution in [0.3, 0.4) is 0 Å². The zero-order chi connectivity index (χ0) is 20.8. The van der Waals surface area contributed by atoms with Crippen molar-refractivity contribution in [2.45, 2.75) is 25.2 Å². The molecule has 0 unspecified atom stereocenters. The van der Waals surface area contributed by atoms with Gasteiger partial charge in [-0.1, -0.05) is 64.7 Å². The van der Waals surface area contributed by atoms with E-state index in [9.17, 15) is 0 Å². The van der Waals surface area contributed by atoms with Gasteiger partial charge in [-0.25, -0.2) is 4.68 Å². The fourth-order valence-electron chi connectivity index (χ4n) is 3.37. The molecule has 9 heteroatoms. The van der Waals surface area contributed by atoms with E-state index in [2.05, 4.69) is 26.1 Å². The van der Waals surface area contributed by atoms with Gasteiger partial charge in [-0.2, -0.15) is 5.10 Å². The average molecular weight is 541 g/mol. The van der Waals surface area contributed by atoms with Gasteiger partial charge in [0, 0.05) is 21.5 Å². The van der Waals surface area contributed by atoms with E-state index in [1.165, 1.54) is 19.3 Å². The molecule has 2 heterocycles. The molecule has 152 valence electrons. The molecule has 5 rings (SSSR count). The van der Waals surface area contributed by atoms with Crippen molar-refractivity contribution in [1.29, 1.82) is 0 Å². The Bertz CT molecular complexity index is 1230. The van der Waals surface area contributed by atoms with Crippen molar-refractivity contribution in [2.75, 3.05) is 0 Å². The van der Waals surface area contributed by atoms with Gasteiger partial charge >= 0.3 is 0 Å². The molecular formula is C21H14BrCl3N4S. The van der Waals surface area contributed by atoms with Crippen LogP contribution in [0.1, 0.15) is 30.2 Å². The predicted molar refractivity (Wildman–Crippen MR) is 127 cm³/mol. The molecule has 0 N–H and O–H groups in total. The molecule has 1 aliphatic carbocycles. The van der Waals surface area contributed by atoms with Gasteiger partial charge < -0.3 is 0 Å². The monoisotopic (exact) mass is 538 g/mol. The molecule has 0 atom stereocenters. The molecule has 0 bridgehead atoms. The number of hydrogen-bond donors (Lipinski definition) is 0. The second kappa shape index (κ2) is 8.24. The van der Waals surface area contributed by atoms with Gasteiger partial charge in [-0.05, 0) is 59.1 Å². The van der Waals surface area contributed by atoms with Crippen LogP contribution in [0, 0.1) is 0 Å². The van der Waals surface area contributed by atoms with Crippen LogP contribution in [0.15, 0.2) is 46.9 Å². The summed E-state index contributed by atoms with van der Waals surface area (Å²) in [6.07, 6.45) is 3.62. The topological polar surface area (TPSA) is 43.6 Å². The highest BCUT2D eigenvalue weighted by atomic mass is 79.9. The van der Waals surface area contributed by atoms with Crippen LogP contribution in [0.25, 0.3) is 27.6 Å². The van der Waals surface area contributed by atoms with Crippen molar-refractivity contribution in [2.24, 2.45) is 0 Å². The minimum absolute atomic E-state index is 0.506. The summed E-state index contributed by atoms with van der Waals surface area (Å²) in [5.74, 6) is 0.526. The maximum atomic E-state index is 6.52. The number of benzene rings is 2. The Labute approximate surface area is 200 Å². The molecule has 0 saturated heterocycles. The zero-order valence-corrected chi connectivity index (χ0v) is 20.1. The Morgan fingerprint density at radius 1 is 0.967 bits per heavy atom. The molecule has 1 aliphatic rings. The van der Waals surface area contributed by atoms with Crippen LogP contribution in [-0.2, 0) is 0 Å². The quantitative estimate of drug-likeness (QED) is 0.263. The molecule has 1 saturated carbocycles. The van der Waals surface area contributed by atoms with E-state index in [1.807, 2.05) is 35.0 Å². The minimum Gasteiger partial charge on any atom is -0.230 e. The van der Waals surface area contributed by atoms with Crippen LogP contribution >= 0.6 is 62.1 Å². The van der Waals surface area contributed by atoms with E-state index in [0.717, 1.165) is 37.1 Å². The second-order valence-electron chi connectivity index (χ2n) is 7.10. The van der Waals surface area contributed by atoms with Crippen LogP contribution in [-0.4, -0.2) is 20.0 Å². The lowest BCUT2D eigenvalue weighted by Crippen LogP contribution is -2.07. The van der Waals surface area contributed by atoms with Gasteiger partial charge in [0.05, 0.1) is 20.9 Å². The Morgan fingerprint density at radius 2 is 1.70 bits per heavy atom. The summed E-state index contributed by atoms with van der Waals surface area (Å²) in [6, 6.07) is 13.0. The van der Waals surface area contributed by atoms with Gasteiger partial charge in [0.15, 0.2) is 5.01 Å². The molecule has 2 aromatic heterocycles. The third-order valence-electron chi connectivity index (χ3n) is 5.18. The average Bonchev–Trinajstić information content (AvgIpc) is 3.26. The number of halogens is 4. The van der Waals surface area contributed by atoms with Gasteiger partial charge in [-0.3, -0.25) is 0 Å². The third-order valence-corrected chi connectivity index (χ3v) is 7.81. The summed E-state index contributed by atoms with van der Waals surface area (Å²) in [7, 11) is 0. The summed E-state index contributed by atoms with van der Waals surface area (Å²) in [5.41, 5.74) is 3.25. The summed E-state index contributed by atoms with van der Waals surface area (Å²) in [4.78, 5) is 0. The van der Waals surface area contributed by atoms with E-state index in [4.69, 9.17) is 39.9 Å². The lowest BCUT2D eigenvalue weighted by Gasteiger charge is -2.21. The lowest BCUT2D eigenvalue weighted by atomic mass is 9.86. The molecule has 1 fully saturated rings. The normalized spacial score (nSPS) is 14.1. The molecular weight excluding hydrogens is 527 g/mol. The molecule has 0 amide bonds. The highest BCUT2D eigenvalue weighted by Gasteiger charge is 2.27. The summed E-state index contributed by atoms with van der Waals surface area (Å²) in [6.45, 7) is 0. The first-order valence-electron chi connectivity index (χ1n) is 9.35. The van der Waals surface area contributed by atoms with Crippen molar-refractivity contribution in [3.05, 3.63) is 67.0 Å². The second-order valence-corrected chi connectivity index (χ2v) is 10.2. The summed E-state index contributed by atoms with van der Waals surface area (Å²) >= 11 is 24.1. The number of nitrogens with zero attached hydrogens (tertiary/aromatic N) is 4. The zero-order valence-electron chi connectivity index (χ0n) is 15.4. The maximum absolute atomic E-state index is 6.52. The van der Waals surface area contributed by atoms with Crippen molar-refractivity contribution >= 4 is 62.1 Å². The molecule has 0 spiro atoms. The van der Waals surface area contributed by atoms with E-state index >= 15 is 0 Å². The summed E-state index contributed by atoms with van der Waals surface area (Å²) in [5, 5.41) is 17.3. The van der Waals surface area contributed by atoms with Gasteiger partial charge in [0.1, 0.15) is 10.7 Å². The van der Waals surface area contributed by atoms with Gasteiger partial charge in [0.25, 0.3) is 0 Å². The molecule has 4 aromatic rings. The smallest absolute Gasteiger partial charge is 0.169 e. The van der Waals surface area contributed by atoms with Crippen molar-refractivity contribution < 1.29 is 0 Å². The molecule has 30 heavy (non-hydrogen) atoms. The van der Waals surface area contributed by atoms with E-state index in [0.29, 0.717) is 21.0 Å². The molecule has 0 radical (unpaired) electrons. The maximum Gasteiger partial charge on any atom is 0.169 e. The predicted octanol–water partition coefficient (Wildman–Crippen LogP) is 8.05. The van der Waals surface area contributed by atoms with E-state index in [1.54, 1.807) is 23.5 Å². The first kappa shape index (κ1) is 20.5. The number of aromatic nitrogens is 4. The number of rotatable bonds is 4. The van der Waals surface area contributed by atoms with E-state index < -0.39 is 0 Å². The first-order chi connectivity index (χ1) is 14.5. The van der Waals surface area contributed by atoms with Crippen LogP contribution in [0.2, 0.25) is 15.1 Å². The highest BCUT2D eigenvalue weighted by molar-refractivity contribution is 9.10. The fraction of sp³-hybridized carbons (Fsp3) is 0.190. The highest BCUT2D eigenvalue weighted by Crippen LogP contribution is 2.43. The van der Waals surface area contributed by atoms with E-state index in [-0.39, 0.29) is 0 Å². The van der Waals surface area contributed by atoms with Crippen molar-refractivity contribution in [3.8, 4) is 27.6 Å². The Balaban J connectivity index is 1.69. The Morgan fingerprint density at radius 3 is 2.37 bits per heavy atom. The van der Waals surface area contributed by atoms with Crippen LogP contribution < -0.4 is 0 Å². The molecule has 2 aromatic carbocycles. The van der Waals surface area contributed by atoms with Crippen molar-refractivity contribution in [3.63, 3.8) is 0 Å². The number of hydrogen-bond acceptors (Lipinski definition) is 4. The minimum atomic E-state index is 0.506. The largest absolute Gasteiger partial charge is 0.230 e. The summed E-state index contributed by atoms with van der Waals surface area (Å²) < 4.78 is 2.64. The molecule has 0 aliphatic heterocycles. The fourth-order valence-corrected chi connectivity index (χ4v) is 5.78. The standard InChI is InChI=1S/C21H14BrCl3N4S/c22-17-18(21-27-26-20(30-21)12-2-1-3-12)28-29(16-9-8-14(24)10-15(16)25)19(17)11-4-6-13(23)7-5-11/h4-10,12H,1-3H2. The van der Waals surface area contributed by atoms with Gasteiger partial charge in [0.2, 0.25) is 0 Å². The van der Waals surface area contributed by atoms with Crippen molar-refractivity contribution in [1.82, 2.24) is 20.0 Å². The first-order valence-corrected chi connectivity index (χ1v) is 12.1. The third kappa shape index (κ3) is 3.69. The van der Waals surface area contributed by atoms with Crippen LogP contribution in [0.4, 0.5) is 0 Å². The molecule has 4 nitrogen and oxygen atoms in total.